The molecule has 8 heteroatoms. The van der Waals surface area contributed by atoms with Crippen molar-refractivity contribution in [2.24, 2.45) is 0 Å². The first kappa shape index (κ1) is 17.4. The van der Waals surface area contributed by atoms with E-state index in [4.69, 9.17) is 12.2 Å². The van der Waals surface area contributed by atoms with Crippen molar-refractivity contribution >= 4 is 45.8 Å². The second kappa shape index (κ2) is 7.71. The molecule has 27 heavy (non-hydrogen) atoms. The molecule has 0 bridgehead atoms. The number of nitrogens with one attached hydrogen (secondary N) is 3. The Morgan fingerprint density at radius 2 is 1.74 bits per heavy atom. The molecule has 1 aromatic carbocycles. The van der Waals surface area contributed by atoms with E-state index >= 15 is 0 Å². The van der Waals surface area contributed by atoms with Gasteiger partial charge in [-0.05, 0) is 61.5 Å². The third kappa shape index (κ3) is 4.40. The third-order valence-electron chi connectivity index (χ3n) is 4.48. The summed E-state index contributed by atoms with van der Waals surface area (Å²) in [6, 6.07) is 10.9. The fourth-order valence-corrected chi connectivity index (χ4v) is 3.40. The summed E-state index contributed by atoms with van der Waals surface area (Å²) in [4.78, 5) is 13.4. The van der Waals surface area contributed by atoms with Crippen LogP contribution in [0.25, 0.3) is 11.2 Å². The number of aromatic hydroxyl groups is 1. The molecule has 2 aromatic heterocycles. The predicted octanol–water partition coefficient (Wildman–Crippen LogP) is 3.70. The van der Waals surface area contributed by atoms with Crippen molar-refractivity contribution in [1.29, 1.82) is 0 Å². The molecular formula is C19H20N6OS. The molecule has 7 nitrogen and oxygen atoms in total. The number of fused-ring (bicyclic) bond motifs is 1. The van der Waals surface area contributed by atoms with E-state index in [9.17, 15) is 5.11 Å². The van der Waals surface area contributed by atoms with E-state index in [1.54, 1.807) is 30.5 Å². The number of hydrogen-bond acceptors (Lipinski definition) is 6. The summed E-state index contributed by atoms with van der Waals surface area (Å²) in [5, 5.41) is 19.6. The lowest BCUT2D eigenvalue weighted by Crippen LogP contribution is -2.36. The average Bonchev–Trinajstić information content (AvgIpc) is 3.16. The number of nitrogens with zero attached hydrogens (tertiary/aromatic N) is 3. The maximum Gasteiger partial charge on any atom is 0.182 e. The fourth-order valence-electron chi connectivity index (χ4n) is 3.13. The second-order valence-corrected chi connectivity index (χ2v) is 6.95. The molecule has 0 aliphatic heterocycles. The molecule has 0 saturated heterocycles. The van der Waals surface area contributed by atoms with Crippen LogP contribution in [0.3, 0.4) is 0 Å². The summed E-state index contributed by atoms with van der Waals surface area (Å²) < 4.78 is 0. The number of phenols is 1. The van der Waals surface area contributed by atoms with Crippen LogP contribution in [0.1, 0.15) is 25.7 Å². The van der Waals surface area contributed by atoms with E-state index in [0.717, 1.165) is 18.5 Å². The summed E-state index contributed by atoms with van der Waals surface area (Å²) in [7, 11) is 0. The van der Waals surface area contributed by atoms with Crippen LogP contribution in [-0.2, 0) is 0 Å². The van der Waals surface area contributed by atoms with Crippen LogP contribution in [0.2, 0.25) is 0 Å². The molecule has 4 N–H and O–H groups in total. The molecule has 1 aliphatic carbocycles. The summed E-state index contributed by atoms with van der Waals surface area (Å²) >= 11 is 5.39. The number of rotatable bonds is 4. The minimum Gasteiger partial charge on any atom is -0.508 e. The van der Waals surface area contributed by atoms with Crippen molar-refractivity contribution in [3.63, 3.8) is 0 Å². The number of benzene rings is 1. The molecule has 0 unspecified atom stereocenters. The molecular weight excluding hydrogens is 360 g/mol. The number of thiocarbonyl (C=S) groups is 1. The highest BCUT2D eigenvalue weighted by molar-refractivity contribution is 7.80. The minimum atomic E-state index is 0.213. The van der Waals surface area contributed by atoms with Gasteiger partial charge in [-0.25, -0.2) is 15.0 Å². The highest BCUT2D eigenvalue weighted by Crippen LogP contribution is 2.20. The zero-order valence-corrected chi connectivity index (χ0v) is 15.5. The highest BCUT2D eigenvalue weighted by Gasteiger charge is 2.15. The second-order valence-electron chi connectivity index (χ2n) is 6.55. The van der Waals surface area contributed by atoms with Crippen molar-refractivity contribution in [3.8, 4) is 5.75 Å². The van der Waals surface area contributed by atoms with Gasteiger partial charge < -0.3 is 21.1 Å². The normalized spacial score (nSPS) is 14.2. The van der Waals surface area contributed by atoms with Crippen molar-refractivity contribution in [3.05, 3.63) is 42.6 Å². The molecule has 1 fully saturated rings. The summed E-state index contributed by atoms with van der Waals surface area (Å²) in [5.74, 6) is 1.42. The molecule has 0 radical (unpaired) electrons. The first-order valence-electron chi connectivity index (χ1n) is 8.93. The van der Waals surface area contributed by atoms with Crippen molar-refractivity contribution in [2.45, 2.75) is 31.7 Å². The maximum atomic E-state index is 9.37. The Morgan fingerprint density at radius 1 is 1.00 bits per heavy atom. The zero-order chi connectivity index (χ0) is 18.6. The highest BCUT2D eigenvalue weighted by atomic mass is 32.1. The first-order valence-corrected chi connectivity index (χ1v) is 9.34. The predicted molar refractivity (Wildman–Crippen MR) is 110 cm³/mol. The van der Waals surface area contributed by atoms with Gasteiger partial charge in [0.25, 0.3) is 0 Å². The van der Waals surface area contributed by atoms with Gasteiger partial charge >= 0.3 is 0 Å². The fraction of sp³-hybridized carbons (Fsp3) is 0.263. The van der Waals surface area contributed by atoms with Gasteiger partial charge in [0.1, 0.15) is 17.1 Å². The third-order valence-corrected chi connectivity index (χ3v) is 4.70. The summed E-state index contributed by atoms with van der Waals surface area (Å²) in [6.45, 7) is 0. The SMILES string of the molecule is Oc1ccc(Nc2cnc3ccc(NC(=S)NC4CCCC4)nc3n2)cc1. The molecule has 2 heterocycles. The number of pyridine rings is 1. The molecule has 138 valence electrons. The average molecular weight is 380 g/mol. The Kier molecular flexibility index (Phi) is 4.97. The number of hydrogen-bond donors (Lipinski definition) is 4. The van der Waals surface area contributed by atoms with Gasteiger partial charge in [-0.2, -0.15) is 0 Å². The smallest absolute Gasteiger partial charge is 0.182 e. The van der Waals surface area contributed by atoms with Gasteiger partial charge in [-0.15, -0.1) is 0 Å². The standard InChI is InChI=1S/C19H20N6OS/c26-14-7-5-13(6-8-14)21-17-11-20-15-9-10-16(23-18(15)24-17)25-19(27)22-12-3-1-2-4-12/h5-12,26H,1-4H2,(H3,21,22,23,24,25,27). The Labute approximate surface area is 162 Å². The van der Waals surface area contributed by atoms with E-state index < -0.39 is 0 Å². The van der Waals surface area contributed by atoms with E-state index in [0.29, 0.717) is 34.0 Å². The van der Waals surface area contributed by atoms with E-state index in [1.807, 2.05) is 12.1 Å². The van der Waals surface area contributed by atoms with Crippen molar-refractivity contribution < 1.29 is 5.11 Å². The van der Waals surface area contributed by atoms with Crippen molar-refractivity contribution in [2.75, 3.05) is 10.6 Å². The van der Waals surface area contributed by atoms with Gasteiger partial charge in [0.15, 0.2) is 16.6 Å². The van der Waals surface area contributed by atoms with E-state index in [-0.39, 0.29) is 5.75 Å². The van der Waals surface area contributed by atoms with Gasteiger partial charge in [0, 0.05) is 11.7 Å². The number of phenolic OH excluding ortho intramolecular Hbond substituents is 1. The number of aromatic nitrogens is 3. The monoisotopic (exact) mass is 380 g/mol. The van der Waals surface area contributed by atoms with Gasteiger partial charge in [0.05, 0.1) is 6.20 Å². The molecule has 0 atom stereocenters. The maximum absolute atomic E-state index is 9.37. The molecule has 1 aliphatic rings. The molecule has 3 aromatic rings. The lowest BCUT2D eigenvalue weighted by Gasteiger charge is -2.15. The van der Waals surface area contributed by atoms with Crippen LogP contribution < -0.4 is 16.0 Å². The van der Waals surface area contributed by atoms with Crippen molar-refractivity contribution in [1.82, 2.24) is 20.3 Å². The largest absolute Gasteiger partial charge is 0.508 e. The summed E-state index contributed by atoms with van der Waals surface area (Å²) in [6.07, 6.45) is 6.47. The number of anilines is 3. The van der Waals surface area contributed by atoms with E-state index in [1.165, 1.54) is 12.8 Å². The lowest BCUT2D eigenvalue weighted by molar-refractivity contribution is 0.475. The molecule has 0 amide bonds. The van der Waals surface area contributed by atoms with E-state index in [2.05, 4.69) is 30.9 Å². The molecule has 0 spiro atoms. The van der Waals surface area contributed by atoms with Crippen LogP contribution >= 0.6 is 12.2 Å². The van der Waals surface area contributed by atoms with Crippen LogP contribution in [0.5, 0.6) is 5.75 Å². The van der Waals surface area contributed by atoms with Crippen LogP contribution in [0, 0.1) is 0 Å². The van der Waals surface area contributed by atoms with Crippen LogP contribution in [0.4, 0.5) is 17.3 Å². The summed E-state index contributed by atoms with van der Waals surface area (Å²) in [5.41, 5.74) is 2.02. The topological polar surface area (TPSA) is 95.0 Å². The van der Waals surface area contributed by atoms with Gasteiger partial charge in [-0.1, -0.05) is 12.8 Å². The molecule has 1 saturated carbocycles. The quantitative estimate of drug-likeness (QED) is 0.402. The Morgan fingerprint density at radius 3 is 2.52 bits per heavy atom. The van der Waals surface area contributed by atoms with Crippen LogP contribution in [0.15, 0.2) is 42.6 Å². The Hall–Kier alpha value is -3.00. The zero-order valence-electron chi connectivity index (χ0n) is 14.6. The van der Waals surface area contributed by atoms with Gasteiger partial charge in [-0.3, -0.25) is 0 Å². The Bertz CT molecular complexity index is 956. The Balaban J connectivity index is 1.48. The first-order chi connectivity index (χ1) is 13.2. The minimum absolute atomic E-state index is 0.213. The van der Waals surface area contributed by atoms with Crippen LogP contribution in [-0.4, -0.2) is 31.2 Å². The lowest BCUT2D eigenvalue weighted by atomic mass is 10.3. The molecule has 4 rings (SSSR count). The van der Waals surface area contributed by atoms with Gasteiger partial charge in [0.2, 0.25) is 0 Å².